The molecule has 4 heteroatoms. The van der Waals surface area contributed by atoms with Crippen LogP contribution in [-0.4, -0.2) is 20.8 Å². The third-order valence-electron chi connectivity index (χ3n) is 3.95. The van der Waals surface area contributed by atoms with Crippen molar-refractivity contribution in [2.45, 2.75) is 13.8 Å². The molecular formula is C21H23NO3. The van der Waals surface area contributed by atoms with Crippen LogP contribution in [0.25, 0.3) is 22.3 Å². The molecule has 3 aromatic rings. The van der Waals surface area contributed by atoms with Gasteiger partial charge in [0.2, 0.25) is 0 Å². The second kappa shape index (κ2) is 7.43. The van der Waals surface area contributed by atoms with Gasteiger partial charge in [-0.25, -0.2) is 0 Å². The lowest BCUT2D eigenvalue weighted by molar-refractivity contribution is 0.355. The Kier molecular flexibility index (Phi) is 5.08. The zero-order valence-corrected chi connectivity index (χ0v) is 15.1. The number of benzene rings is 2. The number of rotatable bonds is 5. The fourth-order valence-corrected chi connectivity index (χ4v) is 2.66. The highest BCUT2D eigenvalue weighted by atomic mass is 16.5. The Hall–Kier alpha value is -2.75. The lowest BCUT2D eigenvalue weighted by Crippen LogP contribution is -2.07. The highest BCUT2D eigenvalue weighted by Gasteiger charge is 2.10. The third kappa shape index (κ3) is 3.68. The van der Waals surface area contributed by atoms with E-state index in [2.05, 4.69) is 13.8 Å². The van der Waals surface area contributed by atoms with Crippen LogP contribution in [0, 0.1) is 5.92 Å². The normalized spacial score (nSPS) is 12.0. The fraction of sp³-hybridized carbons (Fsp3) is 0.286. The van der Waals surface area contributed by atoms with E-state index < -0.39 is 0 Å². The first kappa shape index (κ1) is 17.1. The Balaban J connectivity index is 2.18. The number of ether oxygens (including phenoxy) is 2. The van der Waals surface area contributed by atoms with Crippen LogP contribution in [0.2, 0.25) is 0 Å². The van der Waals surface area contributed by atoms with Gasteiger partial charge >= 0.3 is 0 Å². The van der Waals surface area contributed by atoms with Crippen LogP contribution in [0.3, 0.4) is 0 Å². The van der Waals surface area contributed by atoms with Gasteiger partial charge in [-0.05, 0) is 36.2 Å². The zero-order valence-electron chi connectivity index (χ0n) is 15.1. The average Bonchev–Trinajstić information content (AvgIpc) is 2.65. The van der Waals surface area contributed by atoms with Crippen LogP contribution < -0.4 is 14.8 Å². The average molecular weight is 337 g/mol. The highest BCUT2D eigenvalue weighted by molar-refractivity contribution is 5.78. The molecule has 3 rings (SSSR count). The first-order chi connectivity index (χ1) is 12.1. The molecule has 2 aromatic carbocycles. The van der Waals surface area contributed by atoms with Gasteiger partial charge < -0.3 is 13.9 Å². The van der Waals surface area contributed by atoms with E-state index in [4.69, 9.17) is 18.9 Å². The Bertz CT molecular complexity index is 941. The summed E-state index contributed by atoms with van der Waals surface area (Å²) in [6.07, 6.45) is 0. The quantitative estimate of drug-likeness (QED) is 0.679. The van der Waals surface area contributed by atoms with Crippen molar-refractivity contribution >= 4 is 11.0 Å². The van der Waals surface area contributed by atoms with Gasteiger partial charge in [-0.15, -0.1) is 0 Å². The molecule has 25 heavy (non-hydrogen) atoms. The van der Waals surface area contributed by atoms with Crippen LogP contribution in [0.15, 0.2) is 57.9 Å². The van der Waals surface area contributed by atoms with Gasteiger partial charge in [0.15, 0.2) is 11.5 Å². The minimum absolute atomic E-state index is 0.500. The van der Waals surface area contributed by atoms with Crippen molar-refractivity contribution in [2.24, 2.45) is 10.9 Å². The largest absolute Gasteiger partial charge is 0.493 e. The number of methoxy groups -OCH3 is 2. The highest BCUT2D eigenvalue weighted by Crippen LogP contribution is 2.32. The van der Waals surface area contributed by atoms with Crippen LogP contribution in [0.1, 0.15) is 13.8 Å². The molecule has 0 aliphatic heterocycles. The Labute approximate surface area is 147 Å². The van der Waals surface area contributed by atoms with E-state index in [0.717, 1.165) is 34.2 Å². The minimum Gasteiger partial charge on any atom is -0.493 e. The molecule has 0 radical (unpaired) electrons. The summed E-state index contributed by atoms with van der Waals surface area (Å²) in [5, 5.41) is 1.97. The van der Waals surface area contributed by atoms with Crippen molar-refractivity contribution in [3.05, 3.63) is 53.9 Å². The summed E-state index contributed by atoms with van der Waals surface area (Å²) in [7, 11) is 3.25. The molecule has 4 nitrogen and oxygen atoms in total. The number of fused-ring (bicyclic) bond motifs is 1. The SMILES string of the molecule is COc1ccc(-c2cc(=NCC(C)C)c3ccccc3o2)cc1OC. The van der Waals surface area contributed by atoms with Gasteiger partial charge in [0.1, 0.15) is 11.3 Å². The van der Waals surface area contributed by atoms with E-state index in [-0.39, 0.29) is 0 Å². The van der Waals surface area contributed by atoms with Crippen LogP contribution in [0.4, 0.5) is 0 Å². The molecule has 1 heterocycles. The summed E-state index contributed by atoms with van der Waals surface area (Å²) < 4.78 is 16.8. The van der Waals surface area contributed by atoms with Gasteiger partial charge in [0.05, 0.1) is 19.6 Å². The Morgan fingerprint density at radius 1 is 0.960 bits per heavy atom. The Morgan fingerprint density at radius 2 is 1.72 bits per heavy atom. The molecule has 130 valence electrons. The maximum atomic E-state index is 6.11. The maximum absolute atomic E-state index is 6.11. The van der Waals surface area contributed by atoms with Crippen LogP contribution >= 0.6 is 0 Å². The second-order valence-corrected chi connectivity index (χ2v) is 6.30. The molecule has 0 amide bonds. The number of nitrogens with zero attached hydrogens (tertiary/aromatic N) is 1. The lowest BCUT2D eigenvalue weighted by atomic mass is 10.1. The van der Waals surface area contributed by atoms with Crippen molar-refractivity contribution in [2.75, 3.05) is 20.8 Å². The van der Waals surface area contributed by atoms with E-state index >= 15 is 0 Å². The van der Waals surface area contributed by atoms with Crippen molar-refractivity contribution in [3.63, 3.8) is 0 Å². The summed E-state index contributed by atoms with van der Waals surface area (Å²) in [6.45, 7) is 5.10. The molecule has 0 saturated carbocycles. The van der Waals surface area contributed by atoms with E-state index in [1.165, 1.54) is 0 Å². The minimum atomic E-state index is 0.500. The molecule has 1 aromatic heterocycles. The van der Waals surface area contributed by atoms with Gasteiger partial charge in [-0.1, -0.05) is 26.0 Å². The summed E-state index contributed by atoms with van der Waals surface area (Å²) in [5.74, 6) is 2.61. The standard InChI is InChI=1S/C21H23NO3/c1-14(2)13-22-17-12-20(25-18-8-6-5-7-16(17)18)15-9-10-19(23-3)21(11-15)24-4/h5-12,14H,13H2,1-4H3. The van der Waals surface area contributed by atoms with Gasteiger partial charge in [0.25, 0.3) is 0 Å². The molecule has 0 fully saturated rings. The number of hydrogen-bond donors (Lipinski definition) is 0. The smallest absolute Gasteiger partial charge is 0.161 e. The molecule has 0 bridgehead atoms. The predicted molar refractivity (Wildman–Crippen MR) is 100 cm³/mol. The molecule has 0 aliphatic carbocycles. The maximum Gasteiger partial charge on any atom is 0.161 e. The van der Waals surface area contributed by atoms with Crippen molar-refractivity contribution < 1.29 is 13.9 Å². The van der Waals surface area contributed by atoms with Crippen LogP contribution in [0.5, 0.6) is 11.5 Å². The summed E-state index contributed by atoms with van der Waals surface area (Å²) in [6, 6.07) is 15.7. The monoisotopic (exact) mass is 337 g/mol. The molecule has 0 N–H and O–H groups in total. The number of hydrogen-bond acceptors (Lipinski definition) is 4. The van der Waals surface area contributed by atoms with Crippen molar-refractivity contribution in [1.82, 2.24) is 0 Å². The van der Waals surface area contributed by atoms with Crippen molar-refractivity contribution in [1.29, 1.82) is 0 Å². The van der Waals surface area contributed by atoms with Crippen molar-refractivity contribution in [3.8, 4) is 22.8 Å². The Morgan fingerprint density at radius 3 is 2.44 bits per heavy atom. The topological polar surface area (TPSA) is 44.0 Å². The van der Waals surface area contributed by atoms with E-state index in [1.807, 2.05) is 48.5 Å². The van der Waals surface area contributed by atoms with E-state index in [9.17, 15) is 0 Å². The third-order valence-corrected chi connectivity index (χ3v) is 3.95. The summed E-state index contributed by atoms with van der Waals surface area (Å²) in [4.78, 5) is 4.78. The zero-order chi connectivity index (χ0) is 17.8. The molecule has 0 saturated heterocycles. The molecular weight excluding hydrogens is 314 g/mol. The molecule has 0 atom stereocenters. The molecule has 0 unspecified atom stereocenters. The lowest BCUT2D eigenvalue weighted by Gasteiger charge is -2.10. The van der Waals surface area contributed by atoms with E-state index in [0.29, 0.717) is 17.4 Å². The summed E-state index contributed by atoms with van der Waals surface area (Å²) >= 11 is 0. The van der Waals surface area contributed by atoms with Crippen LogP contribution in [-0.2, 0) is 0 Å². The van der Waals surface area contributed by atoms with Gasteiger partial charge in [-0.3, -0.25) is 4.99 Å². The first-order valence-electron chi connectivity index (χ1n) is 8.38. The molecule has 0 aliphatic rings. The second-order valence-electron chi connectivity index (χ2n) is 6.30. The van der Waals surface area contributed by atoms with E-state index in [1.54, 1.807) is 14.2 Å². The predicted octanol–water partition coefficient (Wildman–Crippen LogP) is 4.67. The van der Waals surface area contributed by atoms with Gasteiger partial charge in [-0.2, -0.15) is 0 Å². The first-order valence-corrected chi connectivity index (χ1v) is 8.38. The fourth-order valence-electron chi connectivity index (χ4n) is 2.66. The summed E-state index contributed by atoms with van der Waals surface area (Å²) in [5.41, 5.74) is 1.74. The number of para-hydroxylation sites is 1. The molecule has 0 spiro atoms. The van der Waals surface area contributed by atoms with Gasteiger partial charge in [0, 0.05) is 23.6 Å².